The van der Waals surface area contributed by atoms with Crippen molar-refractivity contribution in [3.05, 3.63) is 64.7 Å². The number of rotatable bonds is 8. The molecule has 0 unspecified atom stereocenters. The highest BCUT2D eigenvalue weighted by Crippen LogP contribution is 2.15. The summed E-state index contributed by atoms with van der Waals surface area (Å²) in [4.78, 5) is 26.6. The summed E-state index contributed by atoms with van der Waals surface area (Å²) in [5.74, 6) is 1.01. The molecule has 0 aliphatic carbocycles. The van der Waals surface area contributed by atoms with E-state index >= 15 is 0 Å². The molecule has 1 fully saturated rings. The van der Waals surface area contributed by atoms with Gasteiger partial charge in [-0.25, -0.2) is 0 Å². The lowest BCUT2D eigenvalue weighted by Gasteiger charge is -2.32. The molecule has 2 amide bonds. The van der Waals surface area contributed by atoms with Crippen LogP contribution in [0.3, 0.4) is 0 Å². The molecule has 0 atom stereocenters. The van der Waals surface area contributed by atoms with Crippen LogP contribution in [0.4, 0.5) is 0 Å². The minimum Gasteiger partial charge on any atom is -0.494 e. The van der Waals surface area contributed by atoms with Gasteiger partial charge in [0, 0.05) is 30.6 Å². The summed E-state index contributed by atoms with van der Waals surface area (Å²) < 4.78 is 5.69. The van der Waals surface area contributed by atoms with Crippen LogP contribution in [0.1, 0.15) is 36.8 Å². The second-order valence-electron chi connectivity index (χ2n) is 7.79. The van der Waals surface area contributed by atoms with E-state index in [-0.39, 0.29) is 17.9 Å². The highest BCUT2D eigenvalue weighted by Gasteiger charge is 2.23. The van der Waals surface area contributed by atoms with Gasteiger partial charge in [-0.3, -0.25) is 9.59 Å². The average Bonchev–Trinajstić information content (AvgIpc) is 2.74. The molecule has 3 rings (SSSR count). The molecule has 6 heteroatoms. The van der Waals surface area contributed by atoms with Crippen molar-refractivity contribution in [2.24, 2.45) is 0 Å². The lowest BCUT2D eigenvalue weighted by atomic mass is 10.0. The zero-order valence-corrected chi connectivity index (χ0v) is 18.2. The summed E-state index contributed by atoms with van der Waals surface area (Å²) in [5, 5.41) is 3.75. The van der Waals surface area contributed by atoms with Crippen molar-refractivity contribution >= 4 is 23.4 Å². The summed E-state index contributed by atoms with van der Waals surface area (Å²) in [6.45, 7) is 3.94. The van der Waals surface area contributed by atoms with Gasteiger partial charge in [-0.1, -0.05) is 41.4 Å². The van der Waals surface area contributed by atoms with Crippen molar-refractivity contribution in [3.8, 4) is 5.75 Å². The van der Waals surface area contributed by atoms with Crippen molar-refractivity contribution in [1.29, 1.82) is 0 Å². The van der Waals surface area contributed by atoms with Crippen LogP contribution in [0.15, 0.2) is 48.5 Å². The molecular weight excluding hydrogens is 400 g/mol. The van der Waals surface area contributed by atoms with E-state index in [1.165, 1.54) is 5.56 Å². The number of halogens is 1. The van der Waals surface area contributed by atoms with Crippen molar-refractivity contribution in [3.63, 3.8) is 0 Å². The summed E-state index contributed by atoms with van der Waals surface area (Å²) in [6.07, 6.45) is 3.11. The van der Waals surface area contributed by atoms with Crippen LogP contribution in [-0.4, -0.2) is 42.5 Å². The van der Waals surface area contributed by atoms with Crippen molar-refractivity contribution in [2.75, 3.05) is 19.7 Å². The van der Waals surface area contributed by atoms with E-state index in [1.807, 2.05) is 48.2 Å². The quantitative estimate of drug-likeness (QED) is 0.642. The van der Waals surface area contributed by atoms with Crippen LogP contribution in [0.2, 0.25) is 5.02 Å². The Kier molecular flexibility index (Phi) is 8.14. The Hall–Kier alpha value is -2.53. The van der Waals surface area contributed by atoms with E-state index in [0.717, 1.165) is 24.2 Å². The Morgan fingerprint density at radius 1 is 1.07 bits per heavy atom. The maximum absolute atomic E-state index is 12.4. The largest absolute Gasteiger partial charge is 0.494 e. The molecular formula is C24H29ClN2O3. The molecule has 1 aliphatic rings. The SMILES string of the molecule is Cc1ccc(OCCCC(=O)N2CCC(NC(=O)Cc3ccc(Cl)cc3)CC2)cc1. The van der Waals surface area contributed by atoms with Crippen LogP contribution < -0.4 is 10.1 Å². The van der Waals surface area contributed by atoms with Crippen molar-refractivity contribution < 1.29 is 14.3 Å². The van der Waals surface area contributed by atoms with Crippen LogP contribution in [0, 0.1) is 6.92 Å². The van der Waals surface area contributed by atoms with E-state index in [9.17, 15) is 9.59 Å². The van der Waals surface area contributed by atoms with Crippen LogP contribution >= 0.6 is 11.6 Å². The number of amides is 2. The van der Waals surface area contributed by atoms with Gasteiger partial charge in [-0.2, -0.15) is 0 Å². The fourth-order valence-corrected chi connectivity index (χ4v) is 3.67. The molecule has 0 spiro atoms. The van der Waals surface area contributed by atoms with Gasteiger partial charge < -0.3 is 15.0 Å². The van der Waals surface area contributed by atoms with Crippen LogP contribution in [0.5, 0.6) is 5.75 Å². The molecule has 0 saturated carbocycles. The molecule has 1 saturated heterocycles. The molecule has 1 heterocycles. The predicted molar refractivity (Wildman–Crippen MR) is 119 cm³/mol. The minimum absolute atomic E-state index is 0.00959. The number of likely N-dealkylation sites (tertiary alicyclic amines) is 1. The Bertz CT molecular complexity index is 829. The zero-order chi connectivity index (χ0) is 21.3. The number of piperidine rings is 1. The zero-order valence-electron chi connectivity index (χ0n) is 17.4. The third-order valence-corrected chi connectivity index (χ3v) is 5.57. The molecule has 1 N–H and O–H groups in total. The third kappa shape index (κ3) is 7.06. The molecule has 2 aromatic carbocycles. The first-order valence-electron chi connectivity index (χ1n) is 10.5. The lowest BCUT2D eigenvalue weighted by Crippen LogP contribution is -2.46. The first-order chi connectivity index (χ1) is 14.5. The standard InChI is InChI=1S/C24H29ClN2O3/c1-18-4-10-22(11-5-18)30-16-2-3-24(29)27-14-12-21(13-15-27)26-23(28)17-19-6-8-20(25)9-7-19/h4-11,21H,2-3,12-17H2,1H3,(H,26,28). The monoisotopic (exact) mass is 428 g/mol. The average molecular weight is 429 g/mol. The number of hydrogen-bond acceptors (Lipinski definition) is 3. The third-order valence-electron chi connectivity index (χ3n) is 5.32. The topological polar surface area (TPSA) is 58.6 Å². The summed E-state index contributed by atoms with van der Waals surface area (Å²) in [6, 6.07) is 15.4. The number of carbonyl (C=O) groups is 2. The number of nitrogens with one attached hydrogen (secondary N) is 1. The van der Waals surface area contributed by atoms with Gasteiger partial charge in [0.1, 0.15) is 5.75 Å². The summed E-state index contributed by atoms with van der Waals surface area (Å²) in [5.41, 5.74) is 2.14. The van der Waals surface area contributed by atoms with E-state index in [4.69, 9.17) is 16.3 Å². The predicted octanol–water partition coefficient (Wildman–Crippen LogP) is 4.16. The molecule has 30 heavy (non-hydrogen) atoms. The van der Waals surface area contributed by atoms with E-state index in [2.05, 4.69) is 5.32 Å². The van der Waals surface area contributed by atoms with Crippen LogP contribution in [0.25, 0.3) is 0 Å². The van der Waals surface area contributed by atoms with Crippen molar-refractivity contribution in [2.45, 2.75) is 45.1 Å². The van der Waals surface area contributed by atoms with Gasteiger partial charge in [0.05, 0.1) is 13.0 Å². The second kappa shape index (κ2) is 11.0. The Labute approximate surface area is 183 Å². The molecule has 5 nitrogen and oxygen atoms in total. The lowest BCUT2D eigenvalue weighted by molar-refractivity contribution is -0.132. The molecule has 1 aliphatic heterocycles. The van der Waals surface area contributed by atoms with Crippen LogP contribution in [-0.2, 0) is 16.0 Å². The Morgan fingerprint density at radius 2 is 1.73 bits per heavy atom. The molecule has 2 aromatic rings. The number of ether oxygens (including phenoxy) is 1. The fourth-order valence-electron chi connectivity index (χ4n) is 3.55. The van der Waals surface area contributed by atoms with Gasteiger partial charge in [0.25, 0.3) is 0 Å². The smallest absolute Gasteiger partial charge is 0.224 e. The summed E-state index contributed by atoms with van der Waals surface area (Å²) >= 11 is 5.88. The van der Waals surface area contributed by atoms with Crippen molar-refractivity contribution in [1.82, 2.24) is 10.2 Å². The maximum Gasteiger partial charge on any atom is 0.224 e. The van der Waals surface area contributed by atoms with E-state index in [0.29, 0.717) is 44.0 Å². The Morgan fingerprint density at radius 3 is 2.40 bits per heavy atom. The van der Waals surface area contributed by atoms with E-state index < -0.39 is 0 Å². The fraction of sp³-hybridized carbons (Fsp3) is 0.417. The highest BCUT2D eigenvalue weighted by atomic mass is 35.5. The molecule has 0 aromatic heterocycles. The number of nitrogens with zero attached hydrogens (tertiary/aromatic N) is 1. The minimum atomic E-state index is 0.00959. The van der Waals surface area contributed by atoms with Gasteiger partial charge >= 0.3 is 0 Å². The maximum atomic E-state index is 12.4. The number of carbonyl (C=O) groups excluding carboxylic acids is 2. The van der Waals surface area contributed by atoms with Gasteiger partial charge in [0.15, 0.2) is 0 Å². The normalized spacial score (nSPS) is 14.4. The second-order valence-corrected chi connectivity index (χ2v) is 8.23. The number of hydrogen-bond donors (Lipinski definition) is 1. The number of benzene rings is 2. The number of aryl methyl sites for hydroxylation is 1. The highest BCUT2D eigenvalue weighted by molar-refractivity contribution is 6.30. The Balaban J connectivity index is 1.31. The van der Waals surface area contributed by atoms with E-state index in [1.54, 1.807) is 12.1 Å². The van der Waals surface area contributed by atoms with Gasteiger partial charge in [-0.15, -0.1) is 0 Å². The van der Waals surface area contributed by atoms with Gasteiger partial charge in [-0.05, 0) is 56.0 Å². The molecule has 0 bridgehead atoms. The first-order valence-corrected chi connectivity index (χ1v) is 10.9. The first kappa shape index (κ1) is 22.2. The summed E-state index contributed by atoms with van der Waals surface area (Å²) in [7, 11) is 0. The molecule has 160 valence electrons. The molecule has 0 radical (unpaired) electrons. The van der Waals surface area contributed by atoms with Gasteiger partial charge in [0.2, 0.25) is 11.8 Å².